The Bertz CT molecular complexity index is 647. The molecule has 0 N–H and O–H groups in total. The average Bonchev–Trinajstić information content (AvgIpc) is 2.58. The number of hydrogen-bond acceptors (Lipinski definition) is 2. The van der Waals surface area contributed by atoms with Gasteiger partial charge in [0, 0.05) is 16.5 Å². The molecule has 0 aliphatic heterocycles. The van der Waals surface area contributed by atoms with Gasteiger partial charge in [-0.2, -0.15) is 13.2 Å². The Labute approximate surface area is 108 Å². The van der Waals surface area contributed by atoms with Crippen LogP contribution in [0.25, 0.3) is 6.08 Å². The SMILES string of the molecule is O=S(=O)(c1ccc(Br)c2c1C=C(F)C2)C(F)(F)F. The summed E-state index contributed by atoms with van der Waals surface area (Å²) in [5.74, 6) is -0.671. The third-order valence-electron chi connectivity index (χ3n) is 2.50. The summed E-state index contributed by atoms with van der Waals surface area (Å²) in [4.78, 5) is -0.916. The van der Waals surface area contributed by atoms with Gasteiger partial charge in [0.05, 0.1) is 4.90 Å². The van der Waals surface area contributed by atoms with E-state index in [1.165, 1.54) is 6.07 Å². The maximum absolute atomic E-state index is 13.1. The Morgan fingerprint density at radius 3 is 2.39 bits per heavy atom. The molecule has 0 amide bonds. The predicted molar refractivity (Wildman–Crippen MR) is 60.2 cm³/mol. The van der Waals surface area contributed by atoms with Gasteiger partial charge >= 0.3 is 5.51 Å². The summed E-state index contributed by atoms with van der Waals surface area (Å²) in [7, 11) is -5.47. The molecule has 0 saturated carbocycles. The first-order chi connectivity index (χ1) is 8.14. The van der Waals surface area contributed by atoms with E-state index in [2.05, 4.69) is 15.9 Å². The van der Waals surface area contributed by atoms with E-state index in [-0.39, 0.29) is 17.5 Å². The topological polar surface area (TPSA) is 34.1 Å². The van der Waals surface area contributed by atoms with Crippen LogP contribution in [0.1, 0.15) is 11.1 Å². The van der Waals surface area contributed by atoms with Crippen LogP contribution in [0.15, 0.2) is 27.3 Å². The van der Waals surface area contributed by atoms with Crippen LogP contribution in [0.3, 0.4) is 0 Å². The van der Waals surface area contributed by atoms with Crippen LogP contribution in [0.2, 0.25) is 0 Å². The molecule has 0 heterocycles. The molecule has 0 saturated heterocycles. The summed E-state index contributed by atoms with van der Waals surface area (Å²) < 4.78 is 73.6. The lowest BCUT2D eigenvalue weighted by atomic mass is 10.1. The van der Waals surface area contributed by atoms with Gasteiger partial charge in [0.1, 0.15) is 5.83 Å². The van der Waals surface area contributed by atoms with Gasteiger partial charge in [-0.25, -0.2) is 12.8 Å². The Kier molecular flexibility index (Phi) is 3.05. The maximum Gasteiger partial charge on any atom is 0.501 e. The van der Waals surface area contributed by atoms with Crippen molar-refractivity contribution in [2.24, 2.45) is 0 Å². The number of hydrogen-bond donors (Lipinski definition) is 0. The normalized spacial score (nSPS) is 15.5. The number of allylic oxidation sites excluding steroid dienone is 1. The quantitative estimate of drug-likeness (QED) is 0.729. The van der Waals surface area contributed by atoms with Crippen molar-refractivity contribution in [1.82, 2.24) is 0 Å². The summed E-state index contributed by atoms with van der Waals surface area (Å²) in [5, 5.41) is 0. The molecule has 2 rings (SSSR count). The lowest BCUT2D eigenvalue weighted by Gasteiger charge is -2.12. The molecular weight excluding hydrogens is 340 g/mol. The standard InChI is InChI=1S/C10H5BrF4O2S/c11-8-1-2-9(18(16,17)10(13,14)15)7-4-5(12)3-6(7)8/h1-2,4H,3H2. The maximum atomic E-state index is 13.1. The van der Waals surface area contributed by atoms with Crippen LogP contribution < -0.4 is 0 Å². The van der Waals surface area contributed by atoms with Gasteiger partial charge in [-0.05, 0) is 23.8 Å². The smallest absolute Gasteiger partial charge is 0.214 e. The van der Waals surface area contributed by atoms with Gasteiger partial charge < -0.3 is 0 Å². The van der Waals surface area contributed by atoms with Gasteiger partial charge in [-0.15, -0.1) is 0 Å². The molecule has 1 aliphatic carbocycles. The molecule has 18 heavy (non-hydrogen) atoms. The lowest BCUT2D eigenvalue weighted by molar-refractivity contribution is -0.0436. The minimum atomic E-state index is -5.47. The fourth-order valence-electron chi connectivity index (χ4n) is 1.69. The van der Waals surface area contributed by atoms with Crippen LogP contribution >= 0.6 is 15.9 Å². The van der Waals surface area contributed by atoms with Crippen molar-refractivity contribution in [2.75, 3.05) is 0 Å². The molecule has 0 unspecified atom stereocenters. The van der Waals surface area contributed by atoms with Gasteiger partial charge in [0.2, 0.25) is 0 Å². The summed E-state index contributed by atoms with van der Waals surface area (Å²) >= 11 is 3.05. The van der Waals surface area contributed by atoms with E-state index < -0.39 is 26.1 Å². The number of fused-ring (bicyclic) bond motifs is 1. The van der Waals surface area contributed by atoms with E-state index >= 15 is 0 Å². The molecule has 0 fully saturated rings. The second-order valence-electron chi connectivity index (χ2n) is 3.65. The molecular formula is C10H5BrF4O2S. The molecule has 0 atom stereocenters. The second kappa shape index (κ2) is 4.06. The molecule has 0 bridgehead atoms. The van der Waals surface area contributed by atoms with Crippen LogP contribution in [0, 0.1) is 0 Å². The zero-order chi connectivity index (χ0) is 13.7. The zero-order valence-electron chi connectivity index (χ0n) is 8.55. The minimum absolute atomic E-state index is 0.206. The van der Waals surface area contributed by atoms with Gasteiger partial charge in [-0.3, -0.25) is 0 Å². The highest BCUT2D eigenvalue weighted by atomic mass is 79.9. The van der Waals surface area contributed by atoms with Gasteiger partial charge in [-0.1, -0.05) is 15.9 Å². The number of halogens is 5. The van der Waals surface area contributed by atoms with Crippen LogP contribution in [-0.4, -0.2) is 13.9 Å². The van der Waals surface area contributed by atoms with Gasteiger partial charge in [0.25, 0.3) is 9.84 Å². The van der Waals surface area contributed by atoms with Gasteiger partial charge in [0.15, 0.2) is 0 Å². The van der Waals surface area contributed by atoms with Crippen molar-refractivity contribution >= 4 is 31.8 Å². The number of alkyl halides is 3. The molecule has 2 nitrogen and oxygen atoms in total. The molecule has 8 heteroatoms. The first-order valence-corrected chi connectivity index (χ1v) is 6.91. The first-order valence-electron chi connectivity index (χ1n) is 4.63. The van der Waals surface area contributed by atoms with E-state index in [1.54, 1.807) is 0 Å². The van der Waals surface area contributed by atoms with Crippen molar-refractivity contribution in [3.63, 3.8) is 0 Å². The molecule has 1 aromatic carbocycles. The van der Waals surface area contributed by atoms with E-state index in [0.717, 1.165) is 12.1 Å². The van der Waals surface area contributed by atoms with Crippen LogP contribution in [-0.2, 0) is 16.3 Å². The minimum Gasteiger partial charge on any atom is -0.214 e. The Morgan fingerprint density at radius 2 is 1.83 bits per heavy atom. The molecule has 98 valence electrons. The lowest BCUT2D eigenvalue weighted by Crippen LogP contribution is -2.24. The monoisotopic (exact) mass is 344 g/mol. The predicted octanol–water partition coefficient (Wildman–Crippen LogP) is 3.61. The third kappa shape index (κ3) is 1.97. The zero-order valence-corrected chi connectivity index (χ0v) is 11.0. The Balaban J connectivity index is 2.74. The molecule has 1 aliphatic rings. The van der Waals surface area contributed by atoms with E-state index in [9.17, 15) is 26.0 Å². The van der Waals surface area contributed by atoms with Crippen molar-refractivity contribution in [3.05, 3.63) is 33.6 Å². The highest BCUT2D eigenvalue weighted by Gasteiger charge is 2.48. The molecule has 0 radical (unpaired) electrons. The van der Waals surface area contributed by atoms with E-state index in [0.29, 0.717) is 4.47 Å². The van der Waals surface area contributed by atoms with Crippen molar-refractivity contribution in [2.45, 2.75) is 16.8 Å². The highest BCUT2D eigenvalue weighted by Crippen LogP contribution is 2.40. The number of sulfone groups is 1. The number of rotatable bonds is 1. The van der Waals surface area contributed by atoms with Crippen LogP contribution in [0.5, 0.6) is 0 Å². The first kappa shape index (κ1) is 13.5. The molecule has 0 spiro atoms. The van der Waals surface area contributed by atoms with Crippen LogP contribution in [0.4, 0.5) is 17.6 Å². The Morgan fingerprint density at radius 1 is 1.22 bits per heavy atom. The fraction of sp³-hybridized carbons (Fsp3) is 0.200. The van der Waals surface area contributed by atoms with Crippen molar-refractivity contribution in [3.8, 4) is 0 Å². The largest absolute Gasteiger partial charge is 0.501 e. The summed E-state index contributed by atoms with van der Waals surface area (Å²) in [6.07, 6.45) is 0.607. The third-order valence-corrected chi connectivity index (χ3v) is 4.79. The number of benzene rings is 1. The van der Waals surface area contributed by atoms with E-state index in [4.69, 9.17) is 0 Å². The summed E-state index contributed by atoms with van der Waals surface area (Å²) in [5.41, 5.74) is -5.43. The average molecular weight is 345 g/mol. The summed E-state index contributed by atoms with van der Waals surface area (Å²) in [6.45, 7) is 0. The second-order valence-corrected chi connectivity index (χ2v) is 6.42. The molecule has 0 aromatic heterocycles. The van der Waals surface area contributed by atoms with Crippen molar-refractivity contribution < 1.29 is 26.0 Å². The Hall–Kier alpha value is -0.890. The fourth-order valence-corrected chi connectivity index (χ4v) is 3.14. The van der Waals surface area contributed by atoms with E-state index in [1.807, 2.05) is 0 Å². The molecule has 1 aromatic rings. The van der Waals surface area contributed by atoms with Crippen molar-refractivity contribution in [1.29, 1.82) is 0 Å². The highest BCUT2D eigenvalue weighted by molar-refractivity contribution is 9.10. The summed E-state index contributed by atoms with van der Waals surface area (Å²) in [6, 6.07) is 1.99.